The van der Waals surface area contributed by atoms with Crippen LogP contribution in [0.3, 0.4) is 0 Å². The molecular formula is C61H113N5O24. The largest absolute Gasteiger partial charge is 0.394 e. The lowest BCUT2D eigenvalue weighted by atomic mass is 9.92. The summed E-state index contributed by atoms with van der Waals surface area (Å²) in [5, 5.41) is 104. The van der Waals surface area contributed by atoms with Crippen molar-refractivity contribution in [1.29, 1.82) is 0 Å². The van der Waals surface area contributed by atoms with Crippen LogP contribution in [0.4, 0.5) is 0 Å². The van der Waals surface area contributed by atoms with Gasteiger partial charge in [-0.3, -0.25) is 24.0 Å². The zero-order valence-corrected chi connectivity index (χ0v) is 53.8. The second kappa shape index (κ2) is 47.5. The van der Waals surface area contributed by atoms with Crippen molar-refractivity contribution >= 4 is 29.5 Å². The van der Waals surface area contributed by atoms with Crippen molar-refractivity contribution in [2.24, 2.45) is 17.8 Å². The van der Waals surface area contributed by atoms with Gasteiger partial charge in [-0.1, -0.05) is 59.3 Å². The second-order valence-electron chi connectivity index (χ2n) is 23.9. The van der Waals surface area contributed by atoms with Gasteiger partial charge in [-0.05, 0) is 51.4 Å². The summed E-state index contributed by atoms with van der Waals surface area (Å²) in [7, 11) is 1.57. The number of rotatable bonds is 51. The molecule has 90 heavy (non-hydrogen) atoms. The minimum atomic E-state index is -1.37. The summed E-state index contributed by atoms with van der Waals surface area (Å²) < 4.78 is 57.5. The van der Waals surface area contributed by atoms with Gasteiger partial charge in [0.25, 0.3) is 0 Å². The highest BCUT2D eigenvalue weighted by Crippen LogP contribution is 2.29. The smallest absolute Gasteiger partial charge is 0.222 e. The normalized spacial score (nSPS) is 27.6. The molecule has 29 heteroatoms. The van der Waals surface area contributed by atoms with E-state index >= 15 is 0 Å². The van der Waals surface area contributed by atoms with Crippen molar-refractivity contribution in [2.75, 3.05) is 119 Å². The van der Waals surface area contributed by atoms with Crippen molar-refractivity contribution in [3.63, 3.8) is 0 Å². The summed E-state index contributed by atoms with van der Waals surface area (Å²) in [6.45, 7) is 6.28. The van der Waals surface area contributed by atoms with Crippen molar-refractivity contribution in [3.05, 3.63) is 0 Å². The molecular weight excluding hydrogens is 1190 g/mol. The Bertz CT molecular complexity index is 1760. The Hall–Kier alpha value is -3.41. The Balaban J connectivity index is 1.52. The first kappa shape index (κ1) is 80.8. The third kappa shape index (κ3) is 31.7. The molecule has 0 spiro atoms. The summed E-state index contributed by atoms with van der Waals surface area (Å²) in [4.78, 5) is 65.1. The highest BCUT2D eigenvalue weighted by molar-refractivity contribution is 5.79. The minimum Gasteiger partial charge on any atom is -0.394 e. The molecule has 3 rings (SSSR count). The van der Waals surface area contributed by atoms with Crippen LogP contribution in [0.5, 0.6) is 0 Å². The van der Waals surface area contributed by atoms with E-state index in [-0.39, 0.29) is 102 Å². The number of hydrogen-bond acceptors (Lipinski definition) is 24. The van der Waals surface area contributed by atoms with E-state index in [1.54, 1.807) is 27.9 Å². The van der Waals surface area contributed by atoms with E-state index in [1.807, 2.05) is 0 Å². The quantitative estimate of drug-likeness (QED) is 0.0314. The number of carbonyl (C=O) groups excluding carboxylic acids is 5. The molecule has 29 nitrogen and oxygen atoms in total. The molecule has 0 radical (unpaired) electrons. The summed E-state index contributed by atoms with van der Waals surface area (Å²) in [5.74, 6) is -2.88. The first-order chi connectivity index (χ1) is 43.3. The van der Waals surface area contributed by atoms with Gasteiger partial charge < -0.3 is 120 Å². The van der Waals surface area contributed by atoms with Gasteiger partial charge in [-0.2, -0.15) is 0 Å². The van der Waals surface area contributed by atoms with Crippen LogP contribution in [-0.4, -0.2) is 274 Å². The van der Waals surface area contributed by atoms with Crippen LogP contribution in [0, 0.1) is 17.8 Å². The Labute approximate surface area is 530 Å². The van der Waals surface area contributed by atoms with Crippen molar-refractivity contribution in [3.8, 4) is 0 Å². The number of unbranched alkanes of at least 4 members (excludes halogenated alkanes) is 9. The van der Waals surface area contributed by atoms with Crippen LogP contribution in [0.1, 0.15) is 143 Å². The Morgan fingerprint density at radius 3 is 0.989 bits per heavy atom. The zero-order chi connectivity index (χ0) is 66.1. The Kier molecular flexibility index (Phi) is 42.6. The topological polar surface area (TPSA) is 420 Å². The van der Waals surface area contributed by atoms with Gasteiger partial charge in [-0.15, -0.1) is 0 Å². The fourth-order valence-electron chi connectivity index (χ4n) is 10.4. The van der Waals surface area contributed by atoms with Crippen molar-refractivity contribution in [2.45, 2.75) is 222 Å². The van der Waals surface area contributed by atoms with E-state index in [0.29, 0.717) is 97.6 Å². The monoisotopic (exact) mass is 1300 g/mol. The average Bonchev–Trinajstić information content (AvgIpc) is 1.59. The molecule has 5 amide bonds. The van der Waals surface area contributed by atoms with E-state index in [2.05, 4.69) is 26.6 Å². The van der Waals surface area contributed by atoms with E-state index in [1.165, 1.54) is 0 Å². The molecule has 3 aliphatic rings. The van der Waals surface area contributed by atoms with Crippen LogP contribution in [0.25, 0.3) is 0 Å². The Morgan fingerprint density at radius 1 is 0.367 bits per heavy atom. The summed E-state index contributed by atoms with van der Waals surface area (Å²) in [6.07, 6.45) is -2.18. The highest BCUT2D eigenvalue weighted by atomic mass is 16.7. The fourth-order valence-corrected chi connectivity index (χ4v) is 10.4. The third-order valence-corrected chi connectivity index (χ3v) is 16.2. The lowest BCUT2D eigenvalue weighted by Crippen LogP contribution is -2.58. The van der Waals surface area contributed by atoms with E-state index in [0.717, 1.165) is 38.5 Å². The SMILES string of the molecule is COCCCNC(=O)CCCC(=O)NC(COCCC(=O)NCCCCCCO[C@@H]1OC(CO)[C@H](O)[C@H](O)C1C)(COCCC(=O)NCCCCCCO[C@@H]1OC(CO)[C@H](O)[C@H](O)C1C)COCCC(=O)NCCCCCCO[C@@H]1OC(CO)[C@H](O)[C@H](O)C1C. The summed E-state index contributed by atoms with van der Waals surface area (Å²) in [6, 6.07) is 0. The molecule has 6 unspecified atom stereocenters. The van der Waals surface area contributed by atoms with Gasteiger partial charge in [0.1, 0.15) is 42.2 Å². The number of amides is 5. The van der Waals surface area contributed by atoms with Crippen LogP contribution in [0.15, 0.2) is 0 Å². The maximum atomic E-state index is 13.7. The number of hydrogen-bond donors (Lipinski definition) is 14. The predicted molar refractivity (Wildman–Crippen MR) is 324 cm³/mol. The number of aliphatic hydroxyl groups is 9. The molecule has 15 atom stereocenters. The van der Waals surface area contributed by atoms with Gasteiger partial charge in [0.15, 0.2) is 18.9 Å². The first-order valence-corrected chi connectivity index (χ1v) is 32.6. The number of methoxy groups -OCH3 is 1. The van der Waals surface area contributed by atoms with Crippen LogP contribution < -0.4 is 26.6 Å². The van der Waals surface area contributed by atoms with Gasteiger partial charge in [-0.25, -0.2) is 0 Å². The fraction of sp³-hybridized carbons (Fsp3) is 0.918. The first-order valence-electron chi connectivity index (χ1n) is 32.6. The lowest BCUT2D eigenvalue weighted by Gasteiger charge is -2.40. The zero-order valence-electron chi connectivity index (χ0n) is 53.8. The van der Waals surface area contributed by atoms with Gasteiger partial charge in [0.05, 0.1) is 77.8 Å². The predicted octanol–water partition coefficient (Wildman–Crippen LogP) is -1.31. The number of aliphatic hydroxyl groups excluding tert-OH is 9. The molecule has 0 aromatic rings. The Morgan fingerprint density at radius 2 is 0.667 bits per heavy atom. The van der Waals surface area contributed by atoms with E-state index < -0.39 is 123 Å². The molecule has 0 aromatic heterocycles. The van der Waals surface area contributed by atoms with Crippen LogP contribution in [-0.2, 0) is 71.3 Å². The number of ether oxygens (including phenoxy) is 10. The maximum Gasteiger partial charge on any atom is 0.222 e. The van der Waals surface area contributed by atoms with Crippen molar-refractivity contribution < 1.29 is 117 Å². The van der Waals surface area contributed by atoms with E-state index in [4.69, 9.17) is 47.4 Å². The van der Waals surface area contributed by atoms with Gasteiger partial charge >= 0.3 is 0 Å². The maximum absolute atomic E-state index is 13.7. The second-order valence-corrected chi connectivity index (χ2v) is 23.9. The molecule has 14 N–H and O–H groups in total. The van der Waals surface area contributed by atoms with Crippen LogP contribution >= 0.6 is 0 Å². The molecule has 526 valence electrons. The molecule has 0 aliphatic carbocycles. The lowest BCUT2D eigenvalue weighted by molar-refractivity contribution is -0.282. The minimum absolute atomic E-state index is 0.00942. The van der Waals surface area contributed by atoms with Crippen molar-refractivity contribution in [1.82, 2.24) is 26.6 Å². The average molecular weight is 1300 g/mol. The van der Waals surface area contributed by atoms with E-state index in [9.17, 15) is 69.9 Å². The highest BCUT2D eigenvalue weighted by Gasteiger charge is 2.45. The molecule has 3 aliphatic heterocycles. The molecule has 3 fully saturated rings. The summed E-state index contributed by atoms with van der Waals surface area (Å²) >= 11 is 0. The number of carbonyl (C=O) groups is 5. The van der Waals surface area contributed by atoms with Crippen LogP contribution in [0.2, 0.25) is 0 Å². The number of nitrogens with one attached hydrogen (secondary N) is 5. The third-order valence-electron chi connectivity index (χ3n) is 16.2. The standard InChI is InChI=1S/C61H113N5O24/c1-41-52(75)55(78)44(35-67)88-58(41)85-29-14-8-5-11-24-62-48(71)21-32-82-38-61(66-51(74)20-17-19-47(70)65-27-18-28-81-4,39-83-33-22-49(72)63-25-12-6-9-15-30-86-59-42(2)53(76)56(79)45(36-68)89-59)40-84-34-23-50(73)64-26-13-7-10-16-31-87-60-43(3)54(77)57(80)46(37-69)90-60/h41-46,52-60,67-69,75-80H,5-40H2,1-4H3,(H,62,71)(H,63,72)(H,64,73)(H,65,70)(H,66,74)/t41?,42?,43?,44?,45?,46?,52-,53-,54-,55+,56+,57+,58-,59-,60-,61?/m1/s1. The molecule has 0 bridgehead atoms. The molecule has 3 saturated heterocycles. The van der Waals surface area contributed by atoms with Gasteiger partial charge in [0.2, 0.25) is 29.5 Å². The molecule has 0 aromatic carbocycles. The van der Waals surface area contributed by atoms with Gasteiger partial charge in [0, 0.05) is 110 Å². The molecule has 0 saturated carbocycles. The molecule has 3 heterocycles. The summed E-state index contributed by atoms with van der Waals surface area (Å²) in [5.41, 5.74) is -1.37.